The van der Waals surface area contributed by atoms with Crippen molar-refractivity contribution in [3.63, 3.8) is 0 Å². The highest BCUT2D eigenvalue weighted by molar-refractivity contribution is 6.30. The molecule has 0 spiro atoms. The van der Waals surface area contributed by atoms with Crippen LogP contribution in [0.15, 0.2) is 59.1 Å². The molecule has 0 saturated carbocycles. The lowest BCUT2D eigenvalue weighted by atomic mass is 10.2. The minimum atomic E-state index is -0.112. The van der Waals surface area contributed by atoms with Crippen LogP contribution in [0, 0.1) is 6.92 Å². The molecule has 0 unspecified atom stereocenters. The van der Waals surface area contributed by atoms with Crippen molar-refractivity contribution < 1.29 is 14.1 Å². The zero-order chi connectivity index (χ0) is 18.5. The predicted octanol–water partition coefficient (Wildman–Crippen LogP) is 4.49. The molecule has 0 radical (unpaired) electrons. The van der Waals surface area contributed by atoms with Gasteiger partial charge in [-0.15, -0.1) is 0 Å². The zero-order valence-corrected chi connectivity index (χ0v) is 15.4. The molecule has 3 aromatic rings. The monoisotopic (exact) mass is 370 g/mol. The van der Waals surface area contributed by atoms with Crippen LogP contribution in [-0.4, -0.2) is 23.0 Å². The molecule has 0 saturated heterocycles. The second kappa shape index (κ2) is 8.06. The highest BCUT2D eigenvalue weighted by atomic mass is 35.5. The first-order chi connectivity index (χ1) is 12.5. The molecule has 26 heavy (non-hydrogen) atoms. The number of rotatable bonds is 6. The normalized spacial score (nSPS) is 10.6. The molecule has 1 heterocycles. The summed E-state index contributed by atoms with van der Waals surface area (Å²) in [4.78, 5) is 14.2. The van der Waals surface area contributed by atoms with Crippen molar-refractivity contribution >= 4 is 17.5 Å². The van der Waals surface area contributed by atoms with Gasteiger partial charge < -0.3 is 14.2 Å². The molecule has 134 valence electrons. The number of halogens is 1. The quantitative estimate of drug-likeness (QED) is 0.641. The van der Waals surface area contributed by atoms with E-state index in [0.717, 1.165) is 11.3 Å². The standard InChI is InChI=1S/C20H19ClN2O3/c1-14-9-18(22-26-14)12-23(2)20(24)16-6-4-8-19(11-16)25-13-15-5-3-7-17(21)10-15/h3-11H,12-13H2,1-2H3. The number of hydrogen-bond acceptors (Lipinski definition) is 4. The van der Waals surface area contributed by atoms with E-state index in [1.54, 1.807) is 30.1 Å². The van der Waals surface area contributed by atoms with Crippen molar-refractivity contribution in [2.75, 3.05) is 7.05 Å². The van der Waals surface area contributed by atoms with Gasteiger partial charge >= 0.3 is 0 Å². The van der Waals surface area contributed by atoms with E-state index in [-0.39, 0.29) is 5.91 Å². The molecule has 1 amide bonds. The molecular formula is C20H19ClN2O3. The average molecular weight is 371 g/mol. The van der Waals surface area contributed by atoms with Crippen molar-refractivity contribution in [2.45, 2.75) is 20.1 Å². The highest BCUT2D eigenvalue weighted by Crippen LogP contribution is 2.18. The molecule has 0 atom stereocenters. The van der Waals surface area contributed by atoms with Crippen molar-refractivity contribution in [3.05, 3.63) is 82.2 Å². The number of carbonyl (C=O) groups is 1. The second-order valence-electron chi connectivity index (χ2n) is 6.04. The summed E-state index contributed by atoms with van der Waals surface area (Å²) in [5.41, 5.74) is 2.23. The minimum Gasteiger partial charge on any atom is -0.489 e. The topological polar surface area (TPSA) is 55.6 Å². The predicted molar refractivity (Wildman–Crippen MR) is 99.3 cm³/mol. The van der Waals surface area contributed by atoms with Crippen molar-refractivity contribution in [1.82, 2.24) is 10.1 Å². The molecule has 0 fully saturated rings. The van der Waals surface area contributed by atoms with E-state index in [2.05, 4.69) is 5.16 Å². The summed E-state index contributed by atoms with van der Waals surface area (Å²) in [5, 5.41) is 4.58. The van der Waals surface area contributed by atoms with E-state index in [0.29, 0.717) is 35.2 Å². The van der Waals surface area contributed by atoms with Crippen LogP contribution in [-0.2, 0) is 13.2 Å². The van der Waals surface area contributed by atoms with Gasteiger partial charge in [0.1, 0.15) is 23.8 Å². The molecule has 0 aliphatic heterocycles. The van der Waals surface area contributed by atoms with Gasteiger partial charge in [-0.25, -0.2) is 0 Å². The Morgan fingerprint density at radius 3 is 2.73 bits per heavy atom. The summed E-state index contributed by atoms with van der Waals surface area (Å²) in [7, 11) is 1.73. The maximum absolute atomic E-state index is 12.6. The summed E-state index contributed by atoms with van der Waals surface area (Å²) in [6, 6.07) is 16.4. The number of amides is 1. The van der Waals surface area contributed by atoms with E-state index in [1.165, 1.54) is 0 Å². The van der Waals surface area contributed by atoms with Gasteiger partial charge in [0.05, 0.1) is 6.54 Å². The molecule has 5 nitrogen and oxygen atoms in total. The van der Waals surface area contributed by atoms with Crippen LogP contribution in [0.25, 0.3) is 0 Å². The Kier molecular flexibility index (Phi) is 5.58. The number of aromatic nitrogens is 1. The van der Waals surface area contributed by atoms with E-state index in [9.17, 15) is 4.79 Å². The zero-order valence-electron chi connectivity index (χ0n) is 14.6. The molecule has 0 bridgehead atoms. The summed E-state index contributed by atoms with van der Waals surface area (Å²) < 4.78 is 10.8. The fraction of sp³-hybridized carbons (Fsp3) is 0.200. The van der Waals surface area contributed by atoms with E-state index in [4.69, 9.17) is 20.9 Å². The Hall–Kier alpha value is -2.79. The van der Waals surface area contributed by atoms with Crippen LogP contribution in [0.5, 0.6) is 5.75 Å². The SMILES string of the molecule is Cc1cc(CN(C)C(=O)c2cccc(OCc3cccc(Cl)c3)c2)no1. The Morgan fingerprint density at radius 1 is 1.19 bits per heavy atom. The Labute approximate surface area is 157 Å². The van der Waals surface area contributed by atoms with Gasteiger partial charge in [0.15, 0.2) is 0 Å². The van der Waals surface area contributed by atoms with Crippen molar-refractivity contribution in [3.8, 4) is 5.75 Å². The number of carbonyl (C=O) groups excluding carboxylic acids is 1. The summed E-state index contributed by atoms with van der Waals surface area (Å²) in [6.07, 6.45) is 0. The van der Waals surface area contributed by atoms with E-state index in [1.807, 2.05) is 43.3 Å². The molecule has 0 N–H and O–H groups in total. The lowest BCUT2D eigenvalue weighted by Gasteiger charge is -2.16. The third kappa shape index (κ3) is 4.64. The maximum atomic E-state index is 12.6. The van der Waals surface area contributed by atoms with Gasteiger partial charge in [-0.1, -0.05) is 35.0 Å². The van der Waals surface area contributed by atoms with Gasteiger partial charge in [0.25, 0.3) is 5.91 Å². The summed E-state index contributed by atoms with van der Waals surface area (Å²) >= 11 is 5.98. The average Bonchev–Trinajstić information content (AvgIpc) is 3.04. The largest absolute Gasteiger partial charge is 0.489 e. The van der Waals surface area contributed by atoms with Crippen molar-refractivity contribution in [1.29, 1.82) is 0 Å². The third-order valence-electron chi connectivity index (χ3n) is 3.80. The molecule has 6 heteroatoms. The lowest BCUT2D eigenvalue weighted by Crippen LogP contribution is -2.26. The van der Waals surface area contributed by atoms with Gasteiger partial charge in [0, 0.05) is 23.7 Å². The maximum Gasteiger partial charge on any atom is 0.254 e. The molecular weight excluding hydrogens is 352 g/mol. The van der Waals surface area contributed by atoms with E-state index >= 15 is 0 Å². The smallest absolute Gasteiger partial charge is 0.254 e. The van der Waals surface area contributed by atoms with Gasteiger partial charge in [-0.05, 0) is 42.8 Å². The second-order valence-corrected chi connectivity index (χ2v) is 6.47. The molecule has 1 aromatic heterocycles. The fourth-order valence-electron chi connectivity index (χ4n) is 2.54. The van der Waals surface area contributed by atoms with Crippen LogP contribution >= 0.6 is 11.6 Å². The molecule has 2 aromatic carbocycles. The van der Waals surface area contributed by atoms with E-state index < -0.39 is 0 Å². The van der Waals surface area contributed by atoms with Gasteiger partial charge in [0.2, 0.25) is 0 Å². The summed E-state index contributed by atoms with van der Waals surface area (Å²) in [5.74, 6) is 1.23. The van der Waals surface area contributed by atoms with Gasteiger partial charge in [-0.3, -0.25) is 4.79 Å². The van der Waals surface area contributed by atoms with Crippen LogP contribution in [0.2, 0.25) is 5.02 Å². The number of ether oxygens (including phenoxy) is 1. The minimum absolute atomic E-state index is 0.112. The number of benzene rings is 2. The molecule has 3 rings (SSSR count). The first kappa shape index (κ1) is 18.0. The molecule has 0 aliphatic rings. The van der Waals surface area contributed by atoms with Crippen LogP contribution in [0.3, 0.4) is 0 Å². The molecule has 0 aliphatic carbocycles. The number of aryl methyl sites for hydroxylation is 1. The Morgan fingerprint density at radius 2 is 2.00 bits per heavy atom. The third-order valence-corrected chi connectivity index (χ3v) is 4.03. The Bertz CT molecular complexity index is 907. The van der Waals surface area contributed by atoms with Crippen LogP contribution in [0.1, 0.15) is 27.4 Å². The number of nitrogens with zero attached hydrogens (tertiary/aromatic N) is 2. The first-order valence-corrected chi connectivity index (χ1v) is 8.54. The van der Waals surface area contributed by atoms with Crippen LogP contribution in [0.4, 0.5) is 0 Å². The van der Waals surface area contributed by atoms with Crippen molar-refractivity contribution in [2.24, 2.45) is 0 Å². The Balaban J connectivity index is 1.65. The number of hydrogen-bond donors (Lipinski definition) is 0. The summed E-state index contributed by atoms with van der Waals surface area (Å²) in [6.45, 7) is 2.58. The van der Waals surface area contributed by atoms with Crippen LogP contribution < -0.4 is 4.74 Å². The highest BCUT2D eigenvalue weighted by Gasteiger charge is 2.14. The fourth-order valence-corrected chi connectivity index (χ4v) is 2.75. The van der Waals surface area contributed by atoms with Gasteiger partial charge in [-0.2, -0.15) is 0 Å². The lowest BCUT2D eigenvalue weighted by molar-refractivity contribution is 0.0781. The first-order valence-electron chi connectivity index (χ1n) is 8.16.